The molecule has 0 radical (unpaired) electrons. The predicted octanol–water partition coefficient (Wildman–Crippen LogP) is 2.69. The minimum atomic E-state index is -0.0714. The number of aromatic nitrogens is 3. The van der Waals surface area contributed by atoms with E-state index in [0.717, 1.165) is 30.8 Å². The van der Waals surface area contributed by atoms with Crippen LogP contribution in [0.25, 0.3) is 0 Å². The Hall–Kier alpha value is -2.19. The Labute approximate surface area is 138 Å². The summed E-state index contributed by atoms with van der Waals surface area (Å²) in [6.45, 7) is 0.736. The molecule has 0 amide bonds. The van der Waals surface area contributed by atoms with Crippen LogP contribution in [-0.4, -0.2) is 41.9 Å². The second-order valence-electron chi connectivity index (χ2n) is 5.05. The van der Waals surface area contributed by atoms with Crippen molar-refractivity contribution in [2.45, 2.75) is 18.9 Å². The Kier molecular flexibility index (Phi) is 4.73. The molecule has 0 spiro atoms. The molecule has 1 fully saturated rings. The number of hydrogen-bond donors (Lipinski definition) is 1. The van der Waals surface area contributed by atoms with E-state index in [-0.39, 0.29) is 6.10 Å². The maximum Gasteiger partial charge on any atom is 0.216 e. The Bertz CT molecular complexity index is 762. The Morgan fingerprint density at radius 1 is 1.43 bits per heavy atom. The molecule has 8 heteroatoms. The van der Waals surface area contributed by atoms with Crippen molar-refractivity contribution in [2.24, 2.45) is 5.10 Å². The third-order valence-electron chi connectivity index (χ3n) is 3.65. The Morgan fingerprint density at radius 3 is 3.00 bits per heavy atom. The molecule has 0 aliphatic carbocycles. The SMILES string of the molecule is COc1ccc(/C=N\n2c(C3CCCO3)n[nH]c2=S)c(OC)c1. The zero-order chi connectivity index (χ0) is 16.2. The van der Waals surface area contributed by atoms with Gasteiger partial charge in [0, 0.05) is 18.2 Å². The molecule has 23 heavy (non-hydrogen) atoms. The van der Waals surface area contributed by atoms with Crippen molar-refractivity contribution >= 4 is 18.4 Å². The molecule has 0 bridgehead atoms. The van der Waals surface area contributed by atoms with E-state index in [2.05, 4.69) is 15.3 Å². The summed E-state index contributed by atoms with van der Waals surface area (Å²) < 4.78 is 18.2. The quantitative estimate of drug-likeness (QED) is 0.672. The van der Waals surface area contributed by atoms with Gasteiger partial charge in [0.05, 0.1) is 20.4 Å². The standard InChI is InChI=1S/C15H18N4O3S/c1-20-11-6-5-10(13(8-11)21-2)9-16-19-14(17-18-15(19)23)12-4-3-7-22-12/h5-6,8-9,12H,3-4,7H2,1-2H3,(H,18,23)/b16-9-. The molecule has 1 unspecified atom stereocenters. The molecule has 1 N–H and O–H groups in total. The maximum atomic E-state index is 5.66. The molecule has 1 aliphatic rings. The summed E-state index contributed by atoms with van der Waals surface area (Å²) in [7, 11) is 3.22. The van der Waals surface area contributed by atoms with E-state index in [9.17, 15) is 0 Å². The second kappa shape index (κ2) is 6.93. The van der Waals surface area contributed by atoms with Gasteiger partial charge in [-0.05, 0) is 37.2 Å². The first-order valence-corrected chi connectivity index (χ1v) is 7.69. The van der Waals surface area contributed by atoms with Crippen LogP contribution in [0.4, 0.5) is 0 Å². The van der Waals surface area contributed by atoms with Gasteiger partial charge in [-0.2, -0.15) is 14.9 Å². The van der Waals surface area contributed by atoms with Crippen molar-refractivity contribution in [3.05, 3.63) is 34.4 Å². The van der Waals surface area contributed by atoms with Gasteiger partial charge >= 0.3 is 0 Å². The van der Waals surface area contributed by atoms with Gasteiger partial charge in [0.2, 0.25) is 4.77 Å². The highest BCUT2D eigenvalue weighted by molar-refractivity contribution is 7.71. The molecule has 0 saturated carbocycles. The van der Waals surface area contributed by atoms with Gasteiger partial charge in [-0.25, -0.2) is 0 Å². The van der Waals surface area contributed by atoms with Gasteiger partial charge in [-0.3, -0.25) is 5.10 Å². The summed E-state index contributed by atoms with van der Waals surface area (Å²) >= 11 is 5.25. The average Bonchev–Trinajstić information content (AvgIpc) is 3.22. The number of aromatic amines is 1. The number of ether oxygens (including phenoxy) is 3. The van der Waals surface area contributed by atoms with Crippen molar-refractivity contribution in [1.29, 1.82) is 0 Å². The molecule has 3 rings (SSSR count). The molecule has 1 aliphatic heterocycles. The number of hydrogen-bond acceptors (Lipinski definition) is 6. The van der Waals surface area contributed by atoms with Crippen molar-refractivity contribution in [2.75, 3.05) is 20.8 Å². The lowest BCUT2D eigenvalue weighted by atomic mass is 10.2. The van der Waals surface area contributed by atoms with E-state index in [1.807, 2.05) is 12.1 Å². The Balaban J connectivity index is 1.91. The van der Waals surface area contributed by atoms with Gasteiger partial charge in [0.15, 0.2) is 5.82 Å². The maximum absolute atomic E-state index is 5.66. The summed E-state index contributed by atoms with van der Waals surface area (Å²) in [6.07, 6.45) is 3.54. The van der Waals surface area contributed by atoms with Crippen LogP contribution in [0.1, 0.15) is 30.3 Å². The molecule has 1 aromatic carbocycles. The van der Waals surface area contributed by atoms with E-state index in [1.54, 1.807) is 31.2 Å². The van der Waals surface area contributed by atoms with Crippen molar-refractivity contribution < 1.29 is 14.2 Å². The number of nitrogens with zero attached hydrogens (tertiary/aromatic N) is 3. The summed E-state index contributed by atoms with van der Waals surface area (Å²) in [5.74, 6) is 2.08. The molecule has 2 aromatic rings. The van der Waals surface area contributed by atoms with Gasteiger partial charge in [-0.1, -0.05) is 0 Å². The smallest absolute Gasteiger partial charge is 0.216 e. The van der Waals surface area contributed by atoms with Gasteiger partial charge in [0.1, 0.15) is 17.6 Å². The van der Waals surface area contributed by atoms with Gasteiger partial charge in [-0.15, -0.1) is 0 Å². The largest absolute Gasteiger partial charge is 0.497 e. The van der Waals surface area contributed by atoms with Gasteiger partial charge in [0.25, 0.3) is 0 Å². The number of H-pyrrole nitrogens is 1. The second-order valence-corrected chi connectivity index (χ2v) is 5.44. The molecular formula is C15H18N4O3S. The third-order valence-corrected chi connectivity index (χ3v) is 3.91. The highest BCUT2D eigenvalue weighted by Crippen LogP contribution is 2.27. The molecule has 2 heterocycles. The average molecular weight is 334 g/mol. The van der Waals surface area contributed by atoms with Crippen LogP contribution in [0.5, 0.6) is 11.5 Å². The summed E-state index contributed by atoms with van der Waals surface area (Å²) in [5, 5.41) is 11.4. The topological polar surface area (TPSA) is 73.7 Å². The highest BCUT2D eigenvalue weighted by atomic mass is 32.1. The number of benzene rings is 1. The van der Waals surface area contributed by atoms with E-state index in [1.165, 1.54) is 0 Å². The van der Waals surface area contributed by atoms with E-state index in [0.29, 0.717) is 16.3 Å². The first-order valence-electron chi connectivity index (χ1n) is 7.28. The van der Waals surface area contributed by atoms with Crippen LogP contribution < -0.4 is 9.47 Å². The van der Waals surface area contributed by atoms with Crippen LogP contribution in [0.3, 0.4) is 0 Å². The van der Waals surface area contributed by atoms with E-state index >= 15 is 0 Å². The van der Waals surface area contributed by atoms with E-state index in [4.69, 9.17) is 26.4 Å². The fraction of sp³-hybridized carbons (Fsp3) is 0.400. The third kappa shape index (κ3) is 3.27. The van der Waals surface area contributed by atoms with Gasteiger partial charge < -0.3 is 14.2 Å². The molecule has 1 atom stereocenters. The van der Waals surface area contributed by atoms with Crippen molar-refractivity contribution in [3.63, 3.8) is 0 Å². The lowest BCUT2D eigenvalue weighted by Crippen LogP contribution is -2.05. The minimum Gasteiger partial charge on any atom is -0.497 e. The normalized spacial score (nSPS) is 17.7. The van der Waals surface area contributed by atoms with Crippen LogP contribution in [-0.2, 0) is 4.74 Å². The zero-order valence-electron chi connectivity index (χ0n) is 13.0. The first-order chi connectivity index (χ1) is 11.2. The molecule has 7 nitrogen and oxygen atoms in total. The van der Waals surface area contributed by atoms with Crippen molar-refractivity contribution in [1.82, 2.24) is 14.9 Å². The lowest BCUT2D eigenvalue weighted by Gasteiger charge is -2.08. The number of rotatable bonds is 5. The number of methoxy groups -OCH3 is 2. The monoisotopic (exact) mass is 334 g/mol. The molecule has 1 aromatic heterocycles. The lowest BCUT2D eigenvalue weighted by molar-refractivity contribution is 0.102. The number of nitrogens with one attached hydrogen (secondary N) is 1. The van der Waals surface area contributed by atoms with Crippen LogP contribution >= 0.6 is 12.2 Å². The summed E-state index contributed by atoms with van der Waals surface area (Å²) in [5.41, 5.74) is 0.815. The molecule has 1 saturated heterocycles. The predicted molar refractivity (Wildman–Crippen MR) is 87.9 cm³/mol. The van der Waals surface area contributed by atoms with Crippen LogP contribution in [0, 0.1) is 4.77 Å². The Morgan fingerprint density at radius 2 is 2.30 bits per heavy atom. The summed E-state index contributed by atoms with van der Waals surface area (Å²) in [4.78, 5) is 0. The van der Waals surface area contributed by atoms with Crippen LogP contribution in [0.15, 0.2) is 23.3 Å². The fourth-order valence-corrected chi connectivity index (χ4v) is 2.64. The molecule has 122 valence electrons. The fourth-order valence-electron chi connectivity index (χ4n) is 2.45. The van der Waals surface area contributed by atoms with Crippen LogP contribution in [0.2, 0.25) is 0 Å². The summed E-state index contributed by atoms with van der Waals surface area (Å²) in [6, 6.07) is 5.52. The molecular weight excluding hydrogens is 316 g/mol. The highest BCUT2D eigenvalue weighted by Gasteiger charge is 2.23. The zero-order valence-corrected chi connectivity index (χ0v) is 13.8. The first kappa shape index (κ1) is 15.7. The van der Waals surface area contributed by atoms with Crippen molar-refractivity contribution in [3.8, 4) is 11.5 Å². The minimum absolute atomic E-state index is 0.0714. The van der Waals surface area contributed by atoms with E-state index < -0.39 is 0 Å².